The van der Waals surface area contributed by atoms with Gasteiger partial charge in [-0.05, 0) is 57.2 Å². The highest BCUT2D eigenvalue weighted by Crippen LogP contribution is 2.45. The lowest BCUT2D eigenvalue weighted by molar-refractivity contribution is -0.134. The molecule has 1 amide bonds. The quantitative estimate of drug-likeness (QED) is 0.884. The fourth-order valence-corrected chi connectivity index (χ4v) is 5.05. The summed E-state index contributed by atoms with van der Waals surface area (Å²) in [6, 6.07) is 11.5. The molecule has 5 heteroatoms. The zero-order chi connectivity index (χ0) is 19.0. The van der Waals surface area contributed by atoms with Crippen LogP contribution in [0, 0.1) is 19.8 Å². The van der Waals surface area contributed by atoms with Crippen LogP contribution in [0.15, 0.2) is 30.3 Å². The summed E-state index contributed by atoms with van der Waals surface area (Å²) in [5, 5.41) is 7.31. The fourth-order valence-electron chi connectivity index (χ4n) is 5.05. The van der Waals surface area contributed by atoms with E-state index in [9.17, 15) is 4.79 Å². The number of carbonyl (C=O) groups excluding carboxylic acids is 1. The lowest BCUT2D eigenvalue weighted by atomic mass is 9.93. The Morgan fingerprint density at radius 1 is 1.30 bits per heavy atom. The van der Waals surface area contributed by atoms with E-state index >= 15 is 0 Å². The molecule has 0 radical (unpaired) electrons. The number of H-pyrrole nitrogens is 1. The molecular formula is C22H30N4O. The maximum absolute atomic E-state index is 13.3. The Morgan fingerprint density at radius 3 is 2.78 bits per heavy atom. The Kier molecular flexibility index (Phi) is 5.04. The number of nitrogens with one attached hydrogen (secondary N) is 1. The molecule has 0 aliphatic carbocycles. The molecule has 5 nitrogen and oxygen atoms in total. The molecule has 0 unspecified atom stereocenters. The molecule has 0 saturated carbocycles. The number of carbonyl (C=O) groups is 1. The minimum Gasteiger partial charge on any atom is -0.345 e. The number of aryl methyl sites for hydroxylation is 2. The summed E-state index contributed by atoms with van der Waals surface area (Å²) in [6.07, 6.45) is 4.16. The Bertz CT molecular complexity index is 780. The van der Waals surface area contributed by atoms with Gasteiger partial charge in [0.2, 0.25) is 5.91 Å². The van der Waals surface area contributed by atoms with Crippen LogP contribution in [0.1, 0.15) is 47.8 Å². The van der Waals surface area contributed by atoms with Gasteiger partial charge in [0.25, 0.3) is 0 Å². The summed E-state index contributed by atoms with van der Waals surface area (Å²) < 4.78 is 0. The van der Waals surface area contributed by atoms with Crippen LogP contribution < -0.4 is 0 Å². The lowest BCUT2D eigenvalue weighted by Crippen LogP contribution is -2.39. The van der Waals surface area contributed by atoms with E-state index in [1.165, 1.54) is 17.5 Å². The van der Waals surface area contributed by atoms with Crippen LogP contribution in [-0.4, -0.2) is 52.1 Å². The van der Waals surface area contributed by atoms with Crippen molar-refractivity contribution in [2.24, 2.45) is 5.92 Å². The molecule has 0 bridgehead atoms. The van der Waals surface area contributed by atoms with Gasteiger partial charge in [0.05, 0.1) is 11.6 Å². The molecule has 3 heterocycles. The van der Waals surface area contributed by atoms with Crippen LogP contribution in [0.4, 0.5) is 0 Å². The van der Waals surface area contributed by atoms with Gasteiger partial charge in [0.1, 0.15) is 0 Å². The van der Waals surface area contributed by atoms with Gasteiger partial charge in [-0.1, -0.05) is 30.3 Å². The number of benzene rings is 1. The third-order valence-electron chi connectivity index (χ3n) is 6.54. The first-order chi connectivity index (χ1) is 13.1. The van der Waals surface area contributed by atoms with E-state index in [2.05, 4.69) is 52.4 Å². The van der Waals surface area contributed by atoms with Crippen LogP contribution >= 0.6 is 0 Å². The second-order valence-electron chi connectivity index (χ2n) is 8.14. The first-order valence-corrected chi connectivity index (χ1v) is 10.1. The smallest absolute Gasteiger partial charge is 0.227 e. The van der Waals surface area contributed by atoms with Gasteiger partial charge in [-0.25, -0.2) is 0 Å². The van der Waals surface area contributed by atoms with Crippen molar-refractivity contribution in [1.29, 1.82) is 0 Å². The largest absolute Gasteiger partial charge is 0.345 e. The SMILES string of the molecule is Cc1n[nH]c(C)c1CCN(C)C(=O)[C@H]1C[C@@H](c2ccccc2)N2CCC[C@H]12. The molecular weight excluding hydrogens is 336 g/mol. The Morgan fingerprint density at radius 2 is 2.07 bits per heavy atom. The third kappa shape index (κ3) is 3.41. The highest BCUT2D eigenvalue weighted by Gasteiger charge is 2.47. The zero-order valence-electron chi connectivity index (χ0n) is 16.6. The highest BCUT2D eigenvalue weighted by molar-refractivity contribution is 5.80. The summed E-state index contributed by atoms with van der Waals surface area (Å²) in [7, 11) is 1.96. The van der Waals surface area contributed by atoms with Crippen molar-refractivity contribution in [1.82, 2.24) is 20.0 Å². The van der Waals surface area contributed by atoms with E-state index in [4.69, 9.17) is 0 Å². The maximum Gasteiger partial charge on any atom is 0.227 e. The van der Waals surface area contributed by atoms with Gasteiger partial charge >= 0.3 is 0 Å². The summed E-state index contributed by atoms with van der Waals surface area (Å²) in [5.41, 5.74) is 4.75. The van der Waals surface area contributed by atoms with E-state index in [1.807, 2.05) is 18.9 Å². The number of amides is 1. The average Bonchev–Trinajstić information content (AvgIpc) is 3.36. The normalized spacial score (nSPS) is 24.9. The predicted octanol–water partition coefficient (Wildman–Crippen LogP) is 3.25. The first-order valence-electron chi connectivity index (χ1n) is 10.1. The van der Waals surface area contributed by atoms with Crippen molar-refractivity contribution < 1.29 is 4.79 Å². The van der Waals surface area contributed by atoms with Crippen LogP contribution in [0.2, 0.25) is 0 Å². The molecule has 1 aromatic carbocycles. The van der Waals surface area contributed by atoms with E-state index in [1.54, 1.807) is 0 Å². The van der Waals surface area contributed by atoms with Crippen molar-refractivity contribution in [2.45, 2.75) is 51.6 Å². The molecule has 2 saturated heterocycles. The average molecular weight is 367 g/mol. The van der Waals surface area contributed by atoms with Crippen LogP contribution in [0.3, 0.4) is 0 Å². The summed E-state index contributed by atoms with van der Waals surface area (Å²) >= 11 is 0. The minimum absolute atomic E-state index is 0.120. The number of hydrogen-bond donors (Lipinski definition) is 1. The van der Waals surface area contributed by atoms with E-state index < -0.39 is 0 Å². The van der Waals surface area contributed by atoms with E-state index in [0.29, 0.717) is 18.0 Å². The number of fused-ring (bicyclic) bond motifs is 1. The lowest BCUT2D eigenvalue weighted by Gasteiger charge is -2.26. The van der Waals surface area contributed by atoms with Crippen LogP contribution in [-0.2, 0) is 11.2 Å². The van der Waals surface area contributed by atoms with Crippen LogP contribution in [0.5, 0.6) is 0 Å². The second kappa shape index (κ2) is 7.47. The Hall–Kier alpha value is -2.14. The number of rotatable bonds is 5. The highest BCUT2D eigenvalue weighted by atomic mass is 16.2. The Labute approximate surface area is 161 Å². The van der Waals surface area contributed by atoms with Gasteiger partial charge in [0, 0.05) is 31.4 Å². The van der Waals surface area contributed by atoms with Crippen LogP contribution in [0.25, 0.3) is 0 Å². The molecule has 2 aromatic rings. The molecule has 1 N–H and O–H groups in total. The summed E-state index contributed by atoms with van der Waals surface area (Å²) in [4.78, 5) is 17.8. The topological polar surface area (TPSA) is 52.2 Å². The molecule has 2 aliphatic heterocycles. The number of likely N-dealkylation sites (N-methyl/N-ethyl adjacent to an activating group) is 1. The van der Waals surface area contributed by atoms with Crippen molar-refractivity contribution in [2.75, 3.05) is 20.1 Å². The summed E-state index contributed by atoms with van der Waals surface area (Å²) in [5.74, 6) is 0.429. The predicted molar refractivity (Wildman–Crippen MR) is 106 cm³/mol. The van der Waals surface area contributed by atoms with Crippen molar-refractivity contribution >= 4 is 5.91 Å². The van der Waals surface area contributed by atoms with Gasteiger partial charge in [0.15, 0.2) is 0 Å². The molecule has 4 rings (SSSR count). The van der Waals surface area contributed by atoms with Crippen molar-refractivity contribution in [3.63, 3.8) is 0 Å². The molecule has 144 valence electrons. The number of aromatic amines is 1. The molecule has 1 aromatic heterocycles. The molecule has 3 atom stereocenters. The molecule has 2 aliphatic rings. The maximum atomic E-state index is 13.3. The molecule has 2 fully saturated rings. The van der Waals surface area contributed by atoms with Gasteiger partial charge in [-0.3, -0.25) is 14.8 Å². The molecule has 0 spiro atoms. The third-order valence-corrected chi connectivity index (χ3v) is 6.54. The summed E-state index contributed by atoms with van der Waals surface area (Å²) in [6.45, 7) is 5.94. The van der Waals surface area contributed by atoms with Gasteiger partial charge < -0.3 is 4.90 Å². The van der Waals surface area contributed by atoms with Crippen molar-refractivity contribution in [3.8, 4) is 0 Å². The minimum atomic E-state index is 0.120. The number of hydrogen-bond acceptors (Lipinski definition) is 3. The fraction of sp³-hybridized carbons (Fsp3) is 0.545. The second-order valence-corrected chi connectivity index (χ2v) is 8.14. The van der Waals surface area contributed by atoms with Gasteiger partial charge in [-0.15, -0.1) is 0 Å². The monoisotopic (exact) mass is 366 g/mol. The standard InChI is InChI=1S/C22H30N4O/c1-15-18(16(2)24-23-15)11-13-25(3)22(27)19-14-21(17-8-5-4-6-9-17)26-12-7-10-20(19)26/h4-6,8-9,19-21H,7,10-14H2,1-3H3,(H,23,24)/t19-,20+,21-/m0/s1. The zero-order valence-corrected chi connectivity index (χ0v) is 16.6. The number of nitrogens with zero attached hydrogens (tertiary/aromatic N) is 3. The Balaban J connectivity index is 1.45. The number of aromatic nitrogens is 2. The first kappa shape index (κ1) is 18.2. The van der Waals surface area contributed by atoms with E-state index in [0.717, 1.165) is 43.7 Å². The van der Waals surface area contributed by atoms with Gasteiger partial charge in [-0.2, -0.15) is 5.10 Å². The van der Waals surface area contributed by atoms with Crippen molar-refractivity contribution in [3.05, 3.63) is 52.8 Å². The molecule has 27 heavy (non-hydrogen) atoms. The van der Waals surface area contributed by atoms with E-state index in [-0.39, 0.29) is 5.92 Å².